The van der Waals surface area contributed by atoms with Gasteiger partial charge in [-0.2, -0.15) is 0 Å². The number of rotatable bonds is 11. The molecule has 0 unspecified atom stereocenters. The van der Waals surface area contributed by atoms with Crippen LogP contribution < -0.4 is 0 Å². The minimum Gasteiger partial charge on any atom is -0.264 e. The first-order valence-electron chi connectivity index (χ1n) is 30.7. The highest BCUT2D eigenvalue weighted by Crippen LogP contribution is 2.52. The Balaban J connectivity index is 0.826. The Morgan fingerprint density at radius 2 is 0.750 bits per heavy atom. The highest BCUT2D eigenvalue weighted by Gasteiger charge is 2.39. The zero-order valence-electron chi connectivity index (χ0n) is 51.0. The molecule has 0 radical (unpaired) electrons. The Hall–Kier alpha value is -10.4. The second-order valence-electron chi connectivity index (χ2n) is 25.7. The zero-order valence-corrected chi connectivity index (χ0v) is 51.0. The first kappa shape index (κ1) is 54.3. The van der Waals surface area contributed by atoms with Crippen molar-refractivity contribution in [2.75, 3.05) is 0 Å². The number of hydrogen-bond donors (Lipinski definition) is 0. The van der Waals surface area contributed by atoms with E-state index in [4.69, 9.17) is 15.0 Å². The molecule has 0 amide bonds. The largest absolute Gasteiger partial charge is 0.264 e. The number of hydrogen-bond acceptors (Lipinski definition) is 3. The normalized spacial score (nSPS) is 15.4. The third-order valence-corrected chi connectivity index (χ3v) is 19.4. The van der Waals surface area contributed by atoms with Crippen LogP contribution in [0.1, 0.15) is 98.8 Å². The summed E-state index contributed by atoms with van der Waals surface area (Å²) >= 11 is 0. The Labute approximate surface area is 516 Å². The van der Waals surface area contributed by atoms with Crippen molar-refractivity contribution in [1.29, 1.82) is 0 Å². The predicted molar refractivity (Wildman–Crippen MR) is 375 cm³/mol. The molecule has 0 atom stereocenters. The topological polar surface area (TPSA) is 38.1 Å². The van der Waals surface area contributed by atoms with E-state index < -0.39 is 0 Å². The minimum atomic E-state index is -0.276. The summed E-state index contributed by atoms with van der Waals surface area (Å²) in [7, 11) is 0. The molecule has 15 rings (SSSR count). The predicted octanol–water partition coefficient (Wildman–Crippen LogP) is 22.3. The maximum atomic E-state index is 5.29. The van der Waals surface area contributed by atoms with Gasteiger partial charge in [-0.1, -0.05) is 242 Å². The van der Waals surface area contributed by atoms with Crippen LogP contribution in [0.4, 0.5) is 0 Å². The molecule has 2 aromatic heterocycles. The number of aliphatic imine (C=N–C) groups is 1. The molecule has 3 nitrogen and oxygen atoms in total. The van der Waals surface area contributed by atoms with Crippen LogP contribution in [0, 0.1) is 0 Å². The second kappa shape index (κ2) is 21.0. The molecule has 0 aliphatic heterocycles. The van der Waals surface area contributed by atoms with E-state index in [1.54, 1.807) is 0 Å². The number of benzene rings is 10. The monoisotopic (exact) mass is 1130 g/mol. The third kappa shape index (κ3) is 8.90. The standard InChI is InChI=1S/C85H67N3/c1-53(33-42-77(86-8)74-48-57-37-34-54-21-9-12-30-71(54)80(57)83(74,2)3)65-24-15-16-27-68(65)62-45-63(69-28-19-17-25-66(69)60-40-43-78(87-51-60)75-49-58-38-35-55-22-10-13-31-72(55)81(58)84(75,4)5)47-64(46-62)70-29-20-18-26-67(70)61-41-44-79(88-52-61)76-50-59-39-36-56-23-11-14-32-73(56)82(59)85(76,6)7/h9-52H,8H2,1-7H3/b53-33+,77-42-. The minimum absolute atomic E-state index is 0.224. The lowest BCUT2D eigenvalue weighted by molar-refractivity contribution is 0.651. The van der Waals surface area contributed by atoms with E-state index in [0.717, 1.165) is 89.4 Å². The Morgan fingerprint density at radius 1 is 0.375 bits per heavy atom. The van der Waals surface area contributed by atoms with Gasteiger partial charge in [0.2, 0.25) is 0 Å². The average Bonchev–Trinajstić information content (AvgIpc) is 1.85. The summed E-state index contributed by atoms with van der Waals surface area (Å²) in [4.78, 5) is 15.3. The van der Waals surface area contributed by atoms with Crippen LogP contribution in [0.15, 0.2) is 265 Å². The van der Waals surface area contributed by atoms with Gasteiger partial charge in [-0.25, -0.2) is 0 Å². The van der Waals surface area contributed by atoms with Gasteiger partial charge in [-0.05, 0) is 206 Å². The van der Waals surface area contributed by atoms with Gasteiger partial charge >= 0.3 is 0 Å². The molecule has 10 aromatic carbocycles. The van der Waals surface area contributed by atoms with E-state index >= 15 is 0 Å². The van der Waals surface area contributed by atoms with E-state index in [9.17, 15) is 0 Å². The first-order valence-corrected chi connectivity index (χ1v) is 30.7. The lowest BCUT2D eigenvalue weighted by Gasteiger charge is -2.26. The molecule has 0 saturated carbocycles. The number of aromatic nitrogens is 2. The van der Waals surface area contributed by atoms with E-state index in [-0.39, 0.29) is 16.2 Å². The second-order valence-corrected chi connectivity index (χ2v) is 25.7. The zero-order chi connectivity index (χ0) is 60.1. The van der Waals surface area contributed by atoms with Gasteiger partial charge in [0, 0.05) is 39.8 Å². The molecule has 2 heterocycles. The van der Waals surface area contributed by atoms with Crippen LogP contribution in [-0.2, 0) is 16.2 Å². The molecular weight excluding hydrogens is 1060 g/mol. The maximum absolute atomic E-state index is 5.29. The Morgan fingerprint density at radius 3 is 1.18 bits per heavy atom. The summed E-state index contributed by atoms with van der Waals surface area (Å²) in [5, 5.41) is 7.65. The quantitative estimate of drug-likeness (QED) is 0.0956. The molecule has 88 heavy (non-hydrogen) atoms. The van der Waals surface area contributed by atoms with Crippen molar-refractivity contribution in [3.63, 3.8) is 0 Å². The molecule has 0 spiro atoms. The van der Waals surface area contributed by atoms with E-state index in [0.29, 0.717) is 0 Å². The van der Waals surface area contributed by atoms with Gasteiger partial charge in [0.1, 0.15) is 0 Å². The number of fused-ring (bicyclic) bond motifs is 9. The van der Waals surface area contributed by atoms with Gasteiger partial charge < -0.3 is 0 Å². The SMILES string of the molecule is C=N/C(=C\C=C(/C)c1ccccc1-c1cc(-c2ccccc2-c2ccc(C3=Cc4ccc5ccccc5c4C3(C)C)nc2)cc(-c2ccccc2-c2ccc(C3=Cc4ccc5ccccc5c4C3(C)C)nc2)c1)C1=Cc2ccc3ccccc3c2C1(C)C. The van der Waals surface area contributed by atoms with Gasteiger partial charge in [-0.3, -0.25) is 15.0 Å². The van der Waals surface area contributed by atoms with E-state index in [1.165, 1.54) is 76.8 Å². The molecule has 0 N–H and O–H groups in total. The molecule has 12 aromatic rings. The lowest BCUT2D eigenvalue weighted by atomic mass is 9.78. The van der Waals surface area contributed by atoms with Crippen molar-refractivity contribution in [1.82, 2.24) is 9.97 Å². The van der Waals surface area contributed by atoms with Crippen molar-refractivity contribution in [3.8, 4) is 55.6 Å². The maximum Gasteiger partial charge on any atom is 0.0671 e. The molecule has 0 fully saturated rings. The average molecular weight is 1130 g/mol. The summed E-state index contributed by atoms with van der Waals surface area (Å²) in [5.41, 5.74) is 26.9. The summed E-state index contributed by atoms with van der Waals surface area (Å²) < 4.78 is 0. The van der Waals surface area contributed by atoms with Crippen LogP contribution in [0.25, 0.3) is 123 Å². The molecular formula is C85H67N3. The first-order chi connectivity index (χ1) is 42.8. The fourth-order valence-electron chi connectivity index (χ4n) is 15.0. The Kier molecular flexibility index (Phi) is 12.9. The fourth-order valence-corrected chi connectivity index (χ4v) is 15.0. The molecule has 3 aliphatic rings. The van der Waals surface area contributed by atoms with Gasteiger partial charge in [0.15, 0.2) is 0 Å². The number of pyridine rings is 2. The smallest absolute Gasteiger partial charge is 0.0671 e. The van der Waals surface area contributed by atoms with Crippen LogP contribution in [-0.4, -0.2) is 16.7 Å². The van der Waals surface area contributed by atoms with Crippen molar-refractivity contribution in [3.05, 3.63) is 311 Å². The lowest BCUT2D eigenvalue weighted by Crippen LogP contribution is -2.18. The number of nitrogens with zero attached hydrogens (tertiary/aromatic N) is 3. The summed E-state index contributed by atoms with van der Waals surface area (Å²) in [6.45, 7) is 20.3. The molecule has 0 bridgehead atoms. The van der Waals surface area contributed by atoms with Crippen LogP contribution in [0.2, 0.25) is 0 Å². The van der Waals surface area contributed by atoms with Crippen molar-refractivity contribution >= 4 is 74.0 Å². The van der Waals surface area contributed by atoms with Gasteiger partial charge in [0.05, 0.1) is 17.1 Å². The van der Waals surface area contributed by atoms with Crippen molar-refractivity contribution < 1.29 is 0 Å². The van der Waals surface area contributed by atoms with Gasteiger partial charge in [0.25, 0.3) is 0 Å². The fraction of sp³-hybridized carbons (Fsp3) is 0.118. The third-order valence-electron chi connectivity index (χ3n) is 19.4. The summed E-state index contributed by atoms with van der Waals surface area (Å²) in [6, 6.07) is 82.1. The van der Waals surface area contributed by atoms with Crippen LogP contribution in [0.3, 0.4) is 0 Å². The molecule has 3 heteroatoms. The highest BCUT2D eigenvalue weighted by atomic mass is 14.7. The van der Waals surface area contributed by atoms with E-state index in [2.05, 4.69) is 322 Å². The highest BCUT2D eigenvalue weighted by molar-refractivity contribution is 6.04. The van der Waals surface area contributed by atoms with Crippen LogP contribution >= 0.6 is 0 Å². The Bertz CT molecular complexity index is 4830. The van der Waals surface area contributed by atoms with Crippen molar-refractivity contribution in [2.45, 2.75) is 64.7 Å². The summed E-state index contributed by atoms with van der Waals surface area (Å²) in [6.07, 6.45) is 15.5. The molecule has 3 aliphatic carbocycles. The molecule has 0 saturated heterocycles. The van der Waals surface area contributed by atoms with E-state index in [1.807, 2.05) is 0 Å². The van der Waals surface area contributed by atoms with Gasteiger partial charge in [-0.15, -0.1) is 0 Å². The molecule has 422 valence electrons. The van der Waals surface area contributed by atoms with Crippen molar-refractivity contribution in [2.24, 2.45) is 4.99 Å². The van der Waals surface area contributed by atoms with Crippen LogP contribution in [0.5, 0.6) is 0 Å². The number of allylic oxidation sites excluding steroid dienone is 6. The summed E-state index contributed by atoms with van der Waals surface area (Å²) in [5.74, 6) is 0.